The van der Waals surface area contributed by atoms with E-state index in [1.54, 1.807) is 0 Å². The Morgan fingerprint density at radius 3 is 2.54 bits per heavy atom. The lowest BCUT2D eigenvalue weighted by molar-refractivity contribution is 0.103. The van der Waals surface area contributed by atoms with Gasteiger partial charge >= 0.3 is 0 Å². The monoisotopic (exact) mass is 183 g/mol. The third kappa shape index (κ3) is 2.70. The fourth-order valence-corrected chi connectivity index (χ4v) is 2.69. The van der Waals surface area contributed by atoms with Gasteiger partial charge in [0, 0.05) is 6.04 Å². The minimum atomic E-state index is 0.851. The maximum absolute atomic E-state index is 2.57. The summed E-state index contributed by atoms with van der Waals surface area (Å²) in [5.41, 5.74) is 0. The molecule has 0 amide bonds. The fourth-order valence-electron chi connectivity index (χ4n) is 2.69. The summed E-state index contributed by atoms with van der Waals surface area (Å²) in [6, 6.07) is 0.851. The third-order valence-corrected chi connectivity index (χ3v) is 3.81. The summed E-state index contributed by atoms with van der Waals surface area (Å²) in [6.07, 6.45) is 5.58. The van der Waals surface area contributed by atoms with Gasteiger partial charge in [-0.1, -0.05) is 33.6 Å². The van der Waals surface area contributed by atoms with Crippen LogP contribution in [-0.2, 0) is 0 Å². The van der Waals surface area contributed by atoms with Gasteiger partial charge in [0.1, 0.15) is 0 Å². The van der Waals surface area contributed by atoms with Gasteiger partial charge in [0.05, 0.1) is 0 Å². The SMILES string of the molecule is CCCN(C)C1CCCC(C)C1C. The molecule has 0 aromatic carbocycles. The van der Waals surface area contributed by atoms with Crippen molar-refractivity contribution < 1.29 is 0 Å². The molecule has 1 rings (SSSR count). The topological polar surface area (TPSA) is 3.24 Å². The van der Waals surface area contributed by atoms with E-state index in [2.05, 4.69) is 32.7 Å². The van der Waals surface area contributed by atoms with Crippen molar-refractivity contribution >= 4 is 0 Å². The lowest BCUT2D eigenvalue weighted by atomic mass is 9.77. The van der Waals surface area contributed by atoms with Crippen molar-refractivity contribution in [3.05, 3.63) is 0 Å². The number of nitrogens with zero attached hydrogens (tertiary/aromatic N) is 1. The van der Waals surface area contributed by atoms with Crippen LogP contribution in [0.2, 0.25) is 0 Å². The van der Waals surface area contributed by atoms with Crippen LogP contribution in [0.4, 0.5) is 0 Å². The van der Waals surface area contributed by atoms with Crippen LogP contribution in [0.5, 0.6) is 0 Å². The third-order valence-electron chi connectivity index (χ3n) is 3.81. The summed E-state index contributed by atoms with van der Waals surface area (Å²) in [5, 5.41) is 0. The van der Waals surface area contributed by atoms with Crippen molar-refractivity contribution in [2.24, 2.45) is 11.8 Å². The highest BCUT2D eigenvalue weighted by atomic mass is 15.1. The number of hydrogen-bond donors (Lipinski definition) is 0. The van der Waals surface area contributed by atoms with Gasteiger partial charge in [-0.3, -0.25) is 0 Å². The van der Waals surface area contributed by atoms with E-state index in [4.69, 9.17) is 0 Å². The molecule has 1 nitrogen and oxygen atoms in total. The molecule has 0 bridgehead atoms. The maximum Gasteiger partial charge on any atom is 0.0120 e. The van der Waals surface area contributed by atoms with Gasteiger partial charge < -0.3 is 4.90 Å². The molecule has 13 heavy (non-hydrogen) atoms. The first-order valence-electron chi connectivity index (χ1n) is 5.87. The molecule has 0 aromatic rings. The number of hydrogen-bond acceptors (Lipinski definition) is 1. The average Bonchev–Trinajstić information content (AvgIpc) is 2.10. The molecule has 1 heteroatoms. The second-order valence-corrected chi connectivity index (χ2v) is 4.82. The van der Waals surface area contributed by atoms with E-state index in [0.29, 0.717) is 0 Å². The van der Waals surface area contributed by atoms with Gasteiger partial charge in [-0.05, 0) is 38.3 Å². The van der Waals surface area contributed by atoms with Crippen LogP contribution in [0.25, 0.3) is 0 Å². The molecule has 0 spiro atoms. The molecule has 1 fully saturated rings. The van der Waals surface area contributed by atoms with Gasteiger partial charge in [0.2, 0.25) is 0 Å². The normalized spacial score (nSPS) is 35.3. The first-order valence-corrected chi connectivity index (χ1v) is 5.87. The summed E-state index contributed by atoms with van der Waals surface area (Å²) in [4.78, 5) is 2.57. The van der Waals surface area contributed by atoms with Gasteiger partial charge in [-0.15, -0.1) is 0 Å². The Balaban J connectivity index is 2.46. The molecule has 0 aliphatic heterocycles. The predicted octanol–water partition coefficient (Wildman–Crippen LogP) is 3.15. The Morgan fingerprint density at radius 1 is 1.23 bits per heavy atom. The van der Waals surface area contributed by atoms with Crippen LogP contribution in [0.1, 0.15) is 46.5 Å². The Hall–Kier alpha value is -0.0400. The van der Waals surface area contributed by atoms with Crippen LogP contribution in [0.15, 0.2) is 0 Å². The average molecular weight is 183 g/mol. The van der Waals surface area contributed by atoms with Crippen LogP contribution in [-0.4, -0.2) is 24.5 Å². The van der Waals surface area contributed by atoms with Crippen LogP contribution >= 0.6 is 0 Å². The van der Waals surface area contributed by atoms with Crippen molar-refractivity contribution in [2.45, 2.75) is 52.5 Å². The minimum absolute atomic E-state index is 0.851. The van der Waals surface area contributed by atoms with E-state index in [1.807, 2.05) is 0 Å². The smallest absolute Gasteiger partial charge is 0.0120 e. The highest BCUT2D eigenvalue weighted by Gasteiger charge is 2.29. The summed E-state index contributed by atoms with van der Waals surface area (Å²) in [5.74, 6) is 1.82. The number of rotatable bonds is 3. The Labute approximate surface area is 83.5 Å². The molecule has 0 N–H and O–H groups in total. The van der Waals surface area contributed by atoms with Crippen molar-refractivity contribution in [3.8, 4) is 0 Å². The molecule has 0 saturated heterocycles. The van der Waals surface area contributed by atoms with E-state index in [0.717, 1.165) is 17.9 Å². The van der Waals surface area contributed by atoms with Crippen LogP contribution in [0, 0.1) is 11.8 Å². The van der Waals surface area contributed by atoms with Crippen molar-refractivity contribution in [3.63, 3.8) is 0 Å². The van der Waals surface area contributed by atoms with Crippen LogP contribution < -0.4 is 0 Å². The second-order valence-electron chi connectivity index (χ2n) is 4.82. The first-order chi connectivity index (χ1) is 6.16. The van der Waals surface area contributed by atoms with Gasteiger partial charge in [-0.25, -0.2) is 0 Å². The molecule has 1 aliphatic rings. The zero-order valence-corrected chi connectivity index (χ0v) is 9.71. The van der Waals surface area contributed by atoms with E-state index in [-0.39, 0.29) is 0 Å². The van der Waals surface area contributed by atoms with Crippen molar-refractivity contribution in [2.75, 3.05) is 13.6 Å². The lowest BCUT2D eigenvalue weighted by Crippen LogP contribution is -2.42. The standard InChI is InChI=1S/C12H25N/c1-5-9-13(4)12-8-6-7-10(2)11(12)3/h10-12H,5-9H2,1-4H3. The molecule has 1 aliphatic carbocycles. The van der Waals surface area contributed by atoms with E-state index >= 15 is 0 Å². The zero-order chi connectivity index (χ0) is 9.84. The fraction of sp³-hybridized carbons (Fsp3) is 1.00. The summed E-state index contributed by atoms with van der Waals surface area (Å²) < 4.78 is 0. The molecular weight excluding hydrogens is 158 g/mol. The molecular formula is C12H25N. The molecule has 78 valence electrons. The van der Waals surface area contributed by atoms with E-state index in [9.17, 15) is 0 Å². The second kappa shape index (κ2) is 4.99. The van der Waals surface area contributed by atoms with E-state index < -0.39 is 0 Å². The largest absolute Gasteiger partial charge is 0.303 e. The Kier molecular flexibility index (Phi) is 4.24. The highest BCUT2D eigenvalue weighted by molar-refractivity contribution is 4.82. The van der Waals surface area contributed by atoms with Gasteiger partial charge in [0.15, 0.2) is 0 Å². The Morgan fingerprint density at radius 2 is 1.92 bits per heavy atom. The molecule has 0 heterocycles. The van der Waals surface area contributed by atoms with Gasteiger partial charge in [0.25, 0.3) is 0 Å². The lowest BCUT2D eigenvalue weighted by Gasteiger charge is -2.39. The van der Waals surface area contributed by atoms with Crippen LogP contribution in [0.3, 0.4) is 0 Å². The molecule has 3 unspecified atom stereocenters. The summed E-state index contributed by atoms with van der Waals surface area (Å²) in [6.45, 7) is 8.38. The molecule has 0 radical (unpaired) electrons. The van der Waals surface area contributed by atoms with Crippen molar-refractivity contribution in [1.82, 2.24) is 4.90 Å². The Bertz CT molecular complexity index is 144. The molecule has 1 saturated carbocycles. The maximum atomic E-state index is 2.57. The molecule has 3 atom stereocenters. The van der Waals surface area contributed by atoms with Crippen molar-refractivity contribution in [1.29, 1.82) is 0 Å². The van der Waals surface area contributed by atoms with E-state index in [1.165, 1.54) is 32.2 Å². The first kappa shape index (κ1) is 11.0. The van der Waals surface area contributed by atoms with Gasteiger partial charge in [-0.2, -0.15) is 0 Å². The molecule has 0 aromatic heterocycles. The summed E-state index contributed by atoms with van der Waals surface area (Å²) >= 11 is 0. The zero-order valence-electron chi connectivity index (χ0n) is 9.71. The highest BCUT2D eigenvalue weighted by Crippen LogP contribution is 2.32. The minimum Gasteiger partial charge on any atom is -0.303 e. The quantitative estimate of drug-likeness (QED) is 0.649. The predicted molar refractivity (Wildman–Crippen MR) is 58.9 cm³/mol. The summed E-state index contributed by atoms with van der Waals surface area (Å²) in [7, 11) is 2.29.